The molecule has 2 heterocycles. The van der Waals surface area contributed by atoms with Crippen LogP contribution >= 0.6 is 0 Å². The molecule has 1 unspecified atom stereocenters. The molecule has 4 rings (SSSR count). The van der Waals surface area contributed by atoms with E-state index in [0.29, 0.717) is 18.6 Å². The van der Waals surface area contributed by atoms with Crippen molar-refractivity contribution < 1.29 is 4.79 Å². The van der Waals surface area contributed by atoms with Gasteiger partial charge < -0.3 is 14.4 Å². The van der Waals surface area contributed by atoms with Crippen LogP contribution in [0.4, 0.5) is 5.69 Å². The molecule has 0 radical (unpaired) electrons. The molecule has 1 aliphatic heterocycles. The number of carbonyl (C=O) groups excluding carboxylic acids is 1. The molecule has 0 bridgehead atoms. The van der Waals surface area contributed by atoms with E-state index in [4.69, 9.17) is 0 Å². The van der Waals surface area contributed by atoms with E-state index in [-0.39, 0.29) is 23.2 Å². The van der Waals surface area contributed by atoms with Gasteiger partial charge in [0.1, 0.15) is 0 Å². The average Bonchev–Trinajstić information content (AvgIpc) is 2.70. The molecule has 1 aliphatic rings. The van der Waals surface area contributed by atoms with Crippen LogP contribution in [0.3, 0.4) is 0 Å². The second kappa shape index (κ2) is 7.11. The van der Waals surface area contributed by atoms with Crippen LogP contribution in [-0.4, -0.2) is 46.0 Å². The number of aromatic nitrogens is 2. The lowest BCUT2D eigenvalue weighted by atomic mass is 10.1. The largest absolute Gasteiger partial charge is 0.365 e. The zero-order valence-corrected chi connectivity index (χ0v) is 16.4. The van der Waals surface area contributed by atoms with Crippen LogP contribution in [0.1, 0.15) is 23.0 Å². The van der Waals surface area contributed by atoms with Crippen molar-refractivity contribution in [3.63, 3.8) is 0 Å². The molecule has 1 aromatic heterocycles. The number of fused-ring (bicyclic) bond motifs is 1. The maximum absolute atomic E-state index is 13.1. The Morgan fingerprint density at radius 3 is 2.64 bits per heavy atom. The molecule has 2 aromatic carbocycles. The highest BCUT2D eigenvalue weighted by Crippen LogP contribution is 2.22. The van der Waals surface area contributed by atoms with Crippen LogP contribution in [0.15, 0.2) is 53.3 Å². The van der Waals surface area contributed by atoms with Gasteiger partial charge in [0.2, 0.25) is 0 Å². The van der Waals surface area contributed by atoms with E-state index in [9.17, 15) is 9.59 Å². The number of rotatable bonds is 2. The van der Waals surface area contributed by atoms with Crippen LogP contribution in [0.25, 0.3) is 11.0 Å². The SMILES string of the molecule is Cc1cccc(N2CCN(C(=O)c3nc4ccccc4n(C)c3=O)CC2C)c1. The fraction of sp³-hybridized carbons (Fsp3) is 0.318. The zero-order valence-electron chi connectivity index (χ0n) is 16.4. The standard InChI is InChI=1S/C22H24N4O2/c1-15-7-6-8-17(13-15)26-12-11-25(14-16(26)2)22(28)20-21(27)24(3)19-10-5-4-9-18(19)23-20/h4-10,13,16H,11-12,14H2,1-3H3. The maximum Gasteiger partial charge on any atom is 0.282 e. The molecule has 0 aliphatic carbocycles. The smallest absolute Gasteiger partial charge is 0.282 e. The second-order valence-corrected chi connectivity index (χ2v) is 7.45. The first-order chi connectivity index (χ1) is 13.5. The molecule has 6 nitrogen and oxygen atoms in total. The fourth-order valence-electron chi connectivity index (χ4n) is 3.90. The Bertz CT molecular complexity index is 1110. The number of para-hydroxylation sites is 2. The number of hydrogen-bond donors (Lipinski definition) is 0. The molecule has 0 N–H and O–H groups in total. The van der Waals surface area contributed by atoms with E-state index in [2.05, 4.69) is 48.0 Å². The van der Waals surface area contributed by atoms with E-state index in [1.54, 1.807) is 11.9 Å². The molecule has 0 saturated carbocycles. The van der Waals surface area contributed by atoms with Gasteiger partial charge >= 0.3 is 0 Å². The number of hydrogen-bond acceptors (Lipinski definition) is 4. The van der Waals surface area contributed by atoms with Gasteiger partial charge in [-0.15, -0.1) is 0 Å². The molecular formula is C22H24N4O2. The van der Waals surface area contributed by atoms with Gasteiger partial charge in [0.25, 0.3) is 11.5 Å². The highest BCUT2D eigenvalue weighted by Gasteiger charge is 2.30. The topological polar surface area (TPSA) is 58.4 Å². The van der Waals surface area contributed by atoms with Gasteiger partial charge in [0.15, 0.2) is 5.69 Å². The number of piperazine rings is 1. The Labute approximate surface area is 164 Å². The molecule has 144 valence electrons. The molecule has 1 atom stereocenters. The van der Waals surface area contributed by atoms with Crippen LogP contribution in [-0.2, 0) is 7.05 Å². The highest BCUT2D eigenvalue weighted by atomic mass is 16.2. The van der Waals surface area contributed by atoms with E-state index in [1.807, 2.05) is 24.3 Å². The van der Waals surface area contributed by atoms with Crippen molar-refractivity contribution in [1.29, 1.82) is 0 Å². The van der Waals surface area contributed by atoms with E-state index in [0.717, 1.165) is 12.1 Å². The monoisotopic (exact) mass is 376 g/mol. The highest BCUT2D eigenvalue weighted by molar-refractivity contribution is 5.94. The number of anilines is 1. The zero-order chi connectivity index (χ0) is 19.8. The molecule has 28 heavy (non-hydrogen) atoms. The van der Waals surface area contributed by atoms with Crippen molar-refractivity contribution in [1.82, 2.24) is 14.5 Å². The minimum absolute atomic E-state index is 0.00240. The number of benzene rings is 2. The summed E-state index contributed by atoms with van der Waals surface area (Å²) in [5, 5.41) is 0. The molecular weight excluding hydrogens is 352 g/mol. The van der Waals surface area contributed by atoms with E-state index >= 15 is 0 Å². The fourth-order valence-corrected chi connectivity index (χ4v) is 3.90. The van der Waals surface area contributed by atoms with Crippen molar-refractivity contribution >= 4 is 22.6 Å². The quantitative estimate of drug-likeness (QED) is 0.690. The van der Waals surface area contributed by atoms with Crippen LogP contribution in [0, 0.1) is 6.92 Å². The molecule has 1 saturated heterocycles. The summed E-state index contributed by atoms with van der Waals surface area (Å²) in [5.41, 5.74) is 3.40. The lowest BCUT2D eigenvalue weighted by Crippen LogP contribution is -2.54. The molecule has 1 amide bonds. The summed E-state index contributed by atoms with van der Waals surface area (Å²) in [5.74, 6) is -0.290. The lowest BCUT2D eigenvalue weighted by molar-refractivity contribution is 0.0718. The Hall–Kier alpha value is -3.15. The Morgan fingerprint density at radius 1 is 1.11 bits per heavy atom. The van der Waals surface area contributed by atoms with Gasteiger partial charge in [-0.1, -0.05) is 24.3 Å². The van der Waals surface area contributed by atoms with Gasteiger partial charge in [-0.3, -0.25) is 9.59 Å². The Balaban J connectivity index is 1.60. The predicted octanol–water partition coefficient (Wildman–Crippen LogP) is 2.59. The Kier molecular flexibility index (Phi) is 4.63. The summed E-state index contributed by atoms with van der Waals surface area (Å²) in [6.07, 6.45) is 0. The summed E-state index contributed by atoms with van der Waals surface area (Å²) in [6.45, 7) is 6.03. The van der Waals surface area contributed by atoms with Gasteiger partial charge in [0.05, 0.1) is 11.0 Å². The average molecular weight is 376 g/mol. The summed E-state index contributed by atoms with van der Waals surface area (Å²) in [6, 6.07) is 15.9. The first-order valence-electron chi connectivity index (χ1n) is 9.54. The van der Waals surface area contributed by atoms with Crippen molar-refractivity contribution in [3.8, 4) is 0 Å². The summed E-state index contributed by atoms with van der Waals surface area (Å²) >= 11 is 0. The van der Waals surface area contributed by atoms with Crippen molar-refractivity contribution in [2.45, 2.75) is 19.9 Å². The summed E-state index contributed by atoms with van der Waals surface area (Å²) < 4.78 is 1.50. The van der Waals surface area contributed by atoms with Gasteiger partial charge in [0, 0.05) is 38.4 Å². The van der Waals surface area contributed by atoms with Gasteiger partial charge in [-0.25, -0.2) is 4.98 Å². The van der Waals surface area contributed by atoms with Crippen LogP contribution in [0.5, 0.6) is 0 Å². The van der Waals surface area contributed by atoms with Crippen LogP contribution in [0.2, 0.25) is 0 Å². The lowest BCUT2D eigenvalue weighted by Gasteiger charge is -2.41. The third-order valence-electron chi connectivity index (χ3n) is 5.43. The van der Waals surface area contributed by atoms with E-state index < -0.39 is 0 Å². The van der Waals surface area contributed by atoms with Crippen molar-refractivity contribution in [2.24, 2.45) is 7.05 Å². The Morgan fingerprint density at radius 2 is 1.89 bits per heavy atom. The number of carbonyl (C=O) groups is 1. The second-order valence-electron chi connectivity index (χ2n) is 7.45. The number of amides is 1. The van der Waals surface area contributed by atoms with Gasteiger partial charge in [-0.2, -0.15) is 0 Å². The maximum atomic E-state index is 13.1. The minimum atomic E-state index is -0.350. The first kappa shape index (κ1) is 18.2. The third-order valence-corrected chi connectivity index (χ3v) is 5.43. The predicted molar refractivity (Wildman–Crippen MR) is 111 cm³/mol. The first-order valence-corrected chi connectivity index (χ1v) is 9.54. The van der Waals surface area contributed by atoms with Crippen molar-refractivity contribution in [3.05, 3.63) is 70.1 Å². The summed E-state index contributed by atoms with van der Waals surface area (Å²) in [4.78, 5) is 34.2. The van der Waals surface area contributed by atoms with Crippen molar-refractivity contribution in [2.75, 3.05) is 24.5 Å². The number of nitrogens with zero attached hydrogens (tertiary/aromatic N) is 4. The minimum Gasteiger partial charge on any atom is -0.365 e. The van der Waals surface area contributed by atoms with E-state index in [1.165, 1.54) is 15.8 Å². The number of aryl methyl sites for hydroxylation is 2. The van der Waals surface area contributed by atoms with Gasteiger partial charge in [-0.05, 0) is 43.7 Å². The normalized spacial score (nSPS) is 17.2. The summed E-state index contributed by atoms with van der Waals surface area (Å²) in [7, 11) is 1.68. The molecule has 0 spiro atoms. The molecule has 6 heteroatoms. The molecule has 1 fully saturated rings. The van der Waals surface area contributed by atoms with Crippen LogP contribution < -0.4 is 10.5 Å². The molecule has 3 aromatic rings. The third kappa shape index (κ3) is 3.15.